The number of rotatable bonds is 2. The lowest BCUT2D eigenvalue weighted by Gasteiger charge is -2.40. The number of hydrogen-bond donors (Lipinski definition) is 1. The summed E-state index contributed by atoms with van der Waals surface area (Å²) in [6.07, 6.45) is 2.89. The van der Waals surface area contributed by atoms with Gasteiger partial charge in [-0.15, -0.1) is 0 Å². The lowest BCUT2D eigenvalue weighted by molar-refractivity contribution is -0.124. The Morgan fingerprint density at radius 3 is 2.46 bits per heavy atom. The Bertz CT molecular complexity index is 196. The van der Waals surface area contributed by atoms with Gasteiger partial charge < -0.3 is 5.11 Å². The van der Waals surface area contributed by atoms with Crippen molar-refractivity contribution in [1.82, 2.24) is 0 Å². The molecule has 2 atom stereocenters. The van der Waals surface area contributed by atoms with E-state index in [1.165, 1.54) is 0 Å². The summed E-state index contributed by atoms with van der Waals surface area (Å²) in [5.74, 6) is 0.922. The molecule has 2 unspecified atom stereocenters. The molecule has 1 saturated carbocycles. The van der Waals surface area contributed by atoms with Gasteiger partial charge in [-0.05, 0) is 37.5 Å². The van der Waals surface area contributed by atoms with E-state index in [1.54, 1.807) is 6.92 Å². The fourth-order valence-corrected chi connectivity index (χ4v) is 2.38. The third kappa shape index (κ3) is 2.31. The van der Waals surface area contributed by atoms with Crippen LogP contribution in [0.25, 0.3) is 0 Å². The second kappa shape index (κ2) is 3.79. The lowest BCUT2D eigenvalue weighted by Crippen LogP contribution is -2.36. The highest BCUT2D eigenvalue weighted by Gasteiger charge is 2.37. The van der Waals surface area contributed by atoms with Crippen LogP contribution in [0.5, 0.6) is 0 Å². The second-order valence-corrected chi connectivity index (χ2v) is 4.96. The van der Waals surface area contributed by atoms with Crippen LogP contribution in [0.2, 0.25) is 0 Å². The largest absolute Gasteiger partial charge is 0.396 e. The first-order chi connectivity index (χ1) is 5.97. The number of ketones is 1. The van der Waals surface area contributed by atoms with Crippen molar-refractivity contribution >= 4 is 5.78 Å². The number of carbonyl (C=O) groups excluding carboxylic acids is 1. The Kier molecular flexibility index (Phi) is 3.12. The average molecular weight is 184 g/mol. The van der Waals surface area contributed by atoms with Crippen molar-refractivity contribution in [3.05, 3.63) is 0 Å². The van der Waals surface area contributed by atoms with Crippen molar-refractivity contribution in [2.45, 2.75) is 40.0 Å². The summed E-state index contributed by atoms with van der Waals surface area (Å²) in [6, 6.07) is 0. The van der Waals surface area contributed by atoms with Gasteiger partial charge >= 0.3 is 0 Å². The molecule has 0 bridgehead atoms. The summed E-state index contributed by atoms with van der Waals surface area (Å²) in [5, 5.41) is 9.17. The first-order valence-electron chi connectivity index (χ1n) is 5.08. The molecule has 2 nitrogen and oxygen atoms in total. The number of aliphatic hydroxyl groups excluding tert-OH is 1. The minimum Gasteiger partial charge on any atom is -0.396 e. The summed E-state index contributed by atoms with van der Waals surface area (Å²) in [5.41, 5.74) is 0.128. The van der Waals surface area contributed by atoms with Gasteiger partial charge in [0.25, 0.3) is 0 Å². The first-order valence-corrected chi connectivity index (χ1v) is 5.08. The molecular weight excluding hydrogens is 164 g/mol. The zero-order valence-corrected chi connectivity index (χ0v) is 8.84. The van der Waals surface area contributed by atoms with Crippen LogP contribution in [-0.2, 0) is 4.79 Å². The van der Waals surface area contributed by atoms with E-state index >= 15 is 0 Å². The predicted octanol–water partition coefficient (Wildman–Crippen LogP) is 2.01. The minimum absolute atomic E-state index is 0.128. The van der Waals surface area contributed by atoms with Gasteiger partial charge in [0.15, 0.2) is 0 Å². The van der Waals surface area contributed by atoms with Crippen LogP contribution < -0.4 is 0 Å². The molecule has 0 radical (unpaired) electrons. The van der Waals surface area contributed by atoms with Crippen LogP contribution in [0.1, 0.15) is 40.0 Å². The Morgan fingerprint density at radius 1 is 1.46 bits per heavy atom. The fourth-order valence-electron chi connectivity index (χ4n) is 2.38. The number of aliphatic hydroxyl groups is 1. The minimum atomic E-state index is 0.128. The predicted molar refractivity (Wildman–Crippen MR) is 52.4 cm³/mol. The molecule has 1 aliphatic rings. The van der Waals surface area contributed by atoms with Gasteiger partial charge in [-0.25, -0.2) is 0 Å². The highest BCUT2D eigenvalue weighted by molar-refractivity contribution is 5.78. The van der Waals surface area contributed by atoms with Gasteiger partial charge in [0.2, 0.25) is 0 Å². The van der Waals surface area contributed by atoms with Gasteiger partial charge in [0.1, 0.15) is 5.78 Å². The maximum atomic E-state index is 11.2. The fraction of sp³-hybridized carbons (Fsp3) is 0.909. The average Bonchev–Trinajstić information content (AvgIpc) is 2.02. The molecule has 0 aromatic rings. The highest BCUT2D eigenvalue weighted by atomic mass is 16.3. The standard InChI is InChI=1S/C11H20O2/c1-8(13)9-4-5-10(7-12)11(2,3)6-9/h9-10,12H,4-7H2,1-3H3. The summed E-state index contributed by atoms with van der Waals surface area (Å²) < 4.78 is 0. The Balaban J connectivity index is 2.64. The summed E-state index contributed by atoms with van der Waals surface area (Å²) >= 11 is 0. The molecule has 0 aromatic carbocycles. The first kappa shape index (κ1) is 10.7. The van der Waals surface area contributed by atoms with Crippen LogP contribution in [0.4, 0.5) is 0 Å². The molecule has 13 heavy (non-hydrogen) atoms. The van der Waals surface area contributed by atoms with E-state index in [9.17, 15) is 4.79 Å². The smallest absolute Gasteiger partial charge is 0.132 e. The highest BCUT2D eigenvalue weighted by Crippen LogP contribution is 2.43. The maximum absolute atomic E-state index is 11.2. The molecule has 2 heteroatoms. The zero-order chi connectivity index (χ0) is 10.1. The topological polar surface area (TPSA) is 37.3 Å². The van der Waals surface area contributed by atoms with E-state index < -0.39 is 0 Å². The van der Waals surface area contributed by atoms with Crippen molar-refractivity contribution in [3.8, 4) is 0 Å². The van der Waals surface area contributed by atoms with Crippen LogP contribution >= 0.6 is 0 Å². The Morgan fingerprint density at radius 2 is 2.08 bits per heavy atom. The van der Waals surface area contributed by atoms with Crippen molar-refractivity contribution in [3.63, 3.8) is 0 Å². The van der Waals surface area contributed by atoms with Gasteiger partial charge in [-0.3, -0.25) is 4.79 Å². The SMILES string of the molecule is CC(=O)C1CCC(CO)C(C)(C)C1. The van der Waals surface area contributed by atoms with E-state index in [0.717, 1.165) is 19.3 Å². The van der Waals surface area contributed by atoms with E-state index in [4.69, 9.17) is 5.11 Å². The molecule has 76 valence electrons. The molecule has 1 N–H and O–H groups in total. The number of carbonyl (C=O) groups is 1. The molecule has 0 heterocycles. The summed E-state index contributed by atoms with van der Waals surface area (Å²) in [6.45, 7) is 6.25. The van der Waals surface area contributed by atoms with Crippen molar-refractivity contribution in [1.29, 1.82) is 0 Å². The van der Waals surface area contributed by atoms with E-state index in [-0.39, 0.29) is 17.9 Å². The maximum Gasteiger partial charge on any atom is 0.132 e. The molecule has 0 amide bonds. The molecule has 1 fully saturated rings. The lowest BCUT2D eigenvalue weighted by atomic mass is 9.64. The third-order valence-corrected chi connectivity index (χ3v) is 3.54. The van der Waals surface area contributed by atoms with E-state index in [2.05, 4.69) is 13.8 Å². The van der Waals surface area contributed by atoms with E-state index in [1.807, 2.05) is 0 Å². The Labute approximate surface area is 80.3 Å². The van der Waals surface area contributed by atoms with Crippen LogP contribution in [0, 0.1) is 17.3 Å². The Hall–Kier alpha value is -0.370. The van der Waals surface area contributed by atoms with Gasteiger partial charge in [-0.2, -0.15) is 0 Å². The van der Waals surface area contributed by atoms with Crippen LogP contribution in [0.3, 0.4) is 0 Å². The summed E-state index contributed by atoms with van der Waals surface area (Å²) in [4.78, 5) is 11.2. The van der Waals surface area contributed by atoms with Crippen molar-refractivity contribution in [2.75, 3.05) is 6.61 Å². The molecule has 0 aliphatic heterocycles. The van der Waals surface area contributed by atoms with Crippen molar-refractivity contribution < 1.29 is 9.90 Å². The molecular formula is C11H20O2. The van der Waals surface area contributed by atoms with Crippen LogP contribution in [-0.4, -0.2) is 17.5 Å². The van der Waals surface area contributed by atoms with Gasteiger partial charge in [0.05, 0.1) is 0 Å². The van der Waals surface area contributed by atoms with E-state index in [0.29, 0.717) is 11.7 Å². The second-order valence-electron chi connectivity index (χ2n) is 4.96. The molecule has 1 rings (SSSR count). The molecule has 0 spiro atoms. The third-order valence-electron chi connectivity index (χ3n) is 3.54. The van der Waals surface area contributed by atoms with Gasteiger partial charge in [0, 0.05) is 12.5 Å². The number of Topliss-reactive ketones (excluding diaryl/α,β-unsaturated/α-hetero) is 1. The normalized spacial score (nSPS) is 32.9. The van der Waals surface area contributed by atoms with Crippen LogP contribution in [0.15, 0.2) is 0 Å². The summed E-state index contributed by atoms with van der Waals surface area (Å²) in [7, 11) is 0. The zero-order valence-electron chi connectivity index (χ0n) is 8.84. The van der Waals surface area contributed by atoms with Gasteiger partial charge in [-0.1, -0.05) is 13.8 Å². The molecule has 1 aliphatic carbocycles. The number of hydrogen-bond acceptors (Lipinski definition) is 2. The van der Waals surface area contributed by atoms with Crippen molar-refractivity contribution in [2.24, 2.45) is 17.3 Å². The quantitative estimate of drug-likeness (QED) is 0.712. The molecule has 0 saturated heterocycles. The monoisotopic (exact) mass is 184 g/mol. The molecule has 0 aromatic heterocycles.